The summed E-state index contributed by atoms with van der Waals surface area (Å²) in [5.74, 6) is -1.43. The number of alkyl halides is 12. The van der Waals surface area contributed by atoms with Gasteiger partial charge in [-0.1, -0.05) is 125 Å². The van der Waals surface area contributed by atoms with Crippen molar-refractivity contribution in [3.05, 3.63) is 324 Å². The number of ether oxygens (including phenoxy) is 10. The Balaban J connectivity index is -0.0000000530. The SMILES string of the molecule is C=O.COc1[c-]c(C)cc(C)c1OCF.COc1c[c-]c(C)cc1C.Cc1[c-]c(F)c(F)c(C)c1.Cc1[c-]c(F)c(OC(F)F)c(C)c1.Cc1[c-]c(F)c(OCF)c(C)c1.Cc1[c-]c(OC(F)F)cc(C)c1.Cc1[c-]c(OCF)c(OC(F)F)c(C)c1.Cc1[c-]c(OCF)cc(C)c1.Cc1[c-]cc(OC(F)F)c(C)c1.F.F.[CH3-].[CH3-].[CH3-].[CH3-].[CH3-].[CH3-].[CH3-].[CH3-].[CH3-].[W+2].[W+2].[W+2].[W+2].[W+2].[W+2].[W+2].[W+2].[W+2]. The molecule has 0 saturated heterocycles. The van der Waals surface area contributed by atoms with Crippen LogP contribution in [0.25, 0.3) is 0 Å². The fourth-order valence-electron chi connectivity index (χ4n) is 9.31. The van der Waals surface area contributed by atoms with E-state index in [9.17, 15) is 70.2 Å². The standard InChI is InChI=1S/C10H10F3O2.C10H12FO2.C9H8F3O.3C9H9F2O.C9H10FO.C9H11O.C8H7F2.CH2O.9CH3.2FH.9W/c1-6-3-7(2)9(15-10(12)13)8(4-6)14-5-11;1-7-4-8(2)10(13-6-11)9(5-7)12-3;1-5-3-6(2)8(7(10)4-5)13-9(11)12;1-6-3-7(2)9(12-5-10)8(11)4-6;1-6-3-7(2)5-8(4-6)12-9(10)11;1-6-3-4-8(7(2)5-6)12-9(10)11;1-7-3-8(2)5-9(4-7)11-6-10;1-7-4-5-9(10-3)8(2)6-7;1-5-3-6(2)8(10)7(9)4-5;1-2;;;;;;;;;;;;;;;;;;;;/h3,10H,5H2,1-2H3;4H,6H2,1-3H3;3,9H,1-2H3;3H,5H2,1-2H3;3-4,9H,1-2H3;4-5,9H,1-2H3;3-4H,6H2,1-2H3;5-6H,1-3H3;3H,1-2H3;1H2;9*1H3;2*1H;;;;;;;;;/q9*-1;;9*-1;;;9*+2. The molecule has 0 radical (unpaired) electrons. The van der Waals surface area contributed by atoms with Crippen molar-refractivity contribution in [3.8, 4) is 57.5 Å². The van der Waals surface area contributed by atoms with Crippen LogP contribution in [-0.2, 0) is 194 Å². The van der Waals surface area contributed by atoms with Crippen LogP contribution in [0.5, 0.6) is 57.5 Å². The molecule has 0 saturated carbocycles. The third-order valence-electron chi connectivity index (χ3n) is 13.3. The maximum atomic E-state index is 13.0. The van der Waals surface area contributed by atoms with Crippen LogP contribution in [0.15, 0.2) is 78.9 Å². The van der Waals surface area contributed by atoms with Gasteiger partial charge in [-0.2, -0.15) is 163 Å². The number of carbonyl (C=O) groups is 1. The first-order valence-electron chi connectivity index (χ1n) is 32.3. The van der Waals surface area contributed by atoms with Gasteiger partial charge in [0.2, 0.25) is 27.4 Å². The predicted molar refractivity (Wildman–Crippen MR) is 448 cm³/mol. The molecular weight excluding hydrogens is 3280 g/mol. The molecule has 9 aromatic carbocycles. The Kier molecular flexibility index (Phi) is 134. The van der Waals surface area contributed by atoms with Crippen LogP contribution in [0.4, 0.5) is 79.7 Å². The largest absolute Gasteiger partial charge is 2.00 e. The van der Waals surface area contributed by atoms with Gasteiger partial charge in [-0.3, -0.25) is 13.8 Å². The number of rotatable bonds is 18. The molecule has 0 atom stereocenters. The molecular formula is C92H116F18O11W9. The second kappa shape index (κ2) is 97.7. The average Bonchev–Trinajstić information content (AvgIpc) is 0.840. The summed E-state index contributed by atoms with van der Waals surface area (Å²) in [5.41, 5.74) is 13.7. The molecule has 0 aromatic heterocycles. The van der Waals surface area contributed by atoms with E-state index in [-0.39, 0.29) is 295 Å². The van der Waals surface area contributed by atoms with E-state index in [1.807, 2.05) is 86.4 Å². The van der Waals surface area contributed by atoms with E-state index in [0.29, 0.717) is 67.3 Å². The van der Waals surface area contributed by atoms with Gasteiger partial charge in [0.15, 0.2) is 0 Å². The van der Waals surface area contributed by atoms with E-state index >= 15 is 0 Å². The van der Waals surface area contributed by atoms with Crippen LogP contribution in [0.3, 0.4) is 0 Å². The van der Waals surface area contributed by atoms with Gasteiger partial charge in [0.05, 0.1) is 48.9 Å². The Morgan fingerprint density at radius 1 is 0.285 bits per heavy atom. The molecule has 0 heterocycles. The number of methoxy groups -OCH3 is 2. The van der Waals surface area contributed by atoms with E-state index in [0.717, 1.165) is 50.3 Å². The first-order valence-corrected chi connectivity index (χ1v) is 32.3. The molecule has 0 aliphatic heterocycles. The fraction of sp³-hybridized carbons (Fsp3) is 0.304. The van der Waals surface area contributed by atoms with Gasteiger partial charge < -0.3 is 119 Å². The van der Waals surface area contributed by atoms with Crippen LogP contribution < -0.4 is 47.4 Å². The van der Waals surface area contributed by atoms with E-state index in [4.69, 9.17) is 19.0 Å². The monoisotopic (exact) mass is 3390 g/mol. The van der Waals surface area contributed by atoms with Crippen molar-refractivity contribution < 1.29 is 321 Å². The molecule has 0 amide bonds. The first-order chi connectivity index (χ1) is 51.6. The van der Waals surface area contributed by atoms with E-state index in [2.05, 4.69) is 93.8 Å². The van der Waals surface area contributed by atoms with Crippen LogP contribution >= 0.6 is 0 Å². The summed E-state index contributed by atoms with van der Waals surface area (Å²) >= 11 is 0. The van der Waals surface area contributed by atoms with E-state index in [1.165, 1.54) is 44.7 Å². The molecule has 730 valence electrons. The summed E-state index contributed by atoms with van der Waals surface area (Å²) in [6, 6.07) is 46.3. The molecule has 0 aliphatic carbocycles. The number of benzene rings is 9. The van der Waals surface area contributed by atoms with Crippen molar-refractivity contribution in [2.75, 3.05) is 41.7 Å². The van der Waals surface area contributed by atoms with Crippen LogP contribution in [0.2, 0.25) is 0 Å². The summed E-state index contributed by atoms with van der Waals surface area (Å²) in [4.78, 5) is 8.00. The predicted octanol–water partition coefficient (Wildman–Crippen LogP) is 27.3. The van der Waals surface area contributed by atoms with E-state index in [1.54, 1.807) is 92.8 Å². The molecule has 9 rings (SSSR count). The second-order valence-corrected chi connectivity index (χ2v) is 23.1. The smallest absolute Gasteiger partial charge is 0.554 e. The average molecular weight is 3390 g/mol. The van der Waals surface area contributed by atoms with Gasteiger partial charge in [-0.15, -0.1) is 106 Å². The normalized spacial score (nSPS) is 8.46. The van der Waals surface area contributed by atoms with Gasteiger partial charge in [0.1, 0.15) is 6.79 Å². The van der Waals surface area contributed by atoms with Gasteiger partial charge in [0, 0.05) is 46.1 Å². The Labute approximate surface area is 893 Å². The van der Waals surface area contributed by atoms with Gasteiger partial charge in [-0.25, -0.2) is 30.7 Å². The third kappa shape index (κ3) is 74.8. The fourth-order valence-corrected chi connectivity index (χ4v) is 9.31. The first kappa shape index (κ1) is 178. The van der Waals surface area contributed by atoms with Crippen molar-refractivity contribution in [2.24, 2.45) is 0 Å². The Morgan fingerprint density at radius 2 is 0.569 bits per heavy atom. The Hall–Kier alpha value is -4.42. The summed E-state index contributed by atoms with van der Waals surface area (Å²) in [5, 5.41) is 0. The number of aryl methyl sites for hydroxylation is 18. The molecule has 0 bridgehead atoms. The maximum Gasteiger partial charge on any atom is 2.00 e. The molecule has 0 unspecified atom stereocenters. The van der Waals surface area contributed by atoms with Crippen molar-refractivity contribution in [3.63, 3.8) is 0 Å². The Morgan fingerprint density at radius 3 is 0.900 bits per heavy atom. The number of hydrogen-bond donors (Lipinski definition) is 0. The summed E-state index contributed by atoms with van der Waals surface area (Å²) in [7, 11) is 3.18. The van der Waals surface area contributed by atoms with E-state index < -0.39 is 82.9 Å². The molecule has 130 heavy (non-hydrogen) atoms. The van der Waals surface area contributed by atoms with Crippen molar-refractivity contribution in [1.29, 1.82) is 0 Å². The van der Waals surface area contributed by atoms with Gasteiger partial charge >= 0.3 is 216 Å². The number of halogens is 18. The summed E-state index contributed by atoms with van der Waals surface area (Å²) in [6.07, 6.45) is 0. The van der Waals surface area contributed by atoms with Crippen LogP contribution in [-0.4, -0.2) is 74.9 Å². The van der Waals surface area contributed by atoms with Crippen molar-refractivity contribution >= 4 is 6.79 Å². The molecule has 0 fully saturated rings. The summed E-state index contributed by atoms with van der Waals surface area (Å²) < 4.78 is 238. The minimum Gasteiger partial charge on any atom is -0.554 e. The molecule has 38 heteroatoms. The zero-order valence-electron chi connectivity index (χ0n) is 77.9. The van der Waals surface area contributed by atoms with Gasteiger partial charge in [0.25, 0.3) is 0 Å². The molecule has 0 N–H and O–H groups in total. The molecule has 11 nitrogen and oxygen atoms in total. The quantitative estimate of drug-likeness (QED) is 0.0605. The topological polar surface area (TPSA) is 109 Å². The molecule has 9 aromatic rings. The van der Waals surface area contributed by atoms with Crippen LogP contribution in [0, 0.1) is 269 Å². The van der Waals surface area contributed by atoms with Crippen molar-refractivity contribution in [1.82, 2.24) is 0 Å². The zero-order chi connectivity index (χ0) is 84.2. The number of carbonyl (C=O) groups excluding carboxylic acids is 1. The minimum atomic E-state index is -3.01. The third-order valence-corrected chi connectivity index (χ3v) is 13.3. The van der Waals surface area contributed by atoms with Crippen LogP contribution in [0.1, 0.15) is 100 Å². The summed E-state index contributed by atoms with van der Waals surface area (Å²) in [6.45, 7) is 18.5. The molecule has 0 aliphatic rings. The van der Waals surface area contributed by atoms with Gasteiger partial charge in [-0.05, 0) is 0 Å². The second-order valence-electron chi connectivity index (χ2n) is 23.1. The number of hydrogen-bond acceptors (Lipinski definition) is 11. The zero-order valence-corrected chi connectivity index (χ0v) is 104. The Bertz CT molecular complexity index is 4140. The molecule has 0 spiro atoms. The maximum absolute atomic E-state index is 13.0. The minimum absolute atomic E-state index is 0. The van der Waals surface area contributed by atoms with Crippen molar-refractivity contribution in [2.45, 2.75) is 151 Å².